The fraction of sp³-hybridized carbons (Fsp3) is 0. The van der Waals surface area contributed by atoms with Crippen LogP contribution in [0.5, 0.6) is 0 Å². The van der Waals surface area contributed by atoms with Crippen molar-refractivity contribution in [3.63, 3.8) is 0 Å². The van der Waals surface area contributed by atoms with Gasteiger partial charge in [0.15, 0.2) is 0 Å². The third-order valence-corrected chi connectivity index (χ3v) is 12.3. The van der Waals surface area contributed by atoms with Gasteiger partial charge in [0.25, 0.3) is 0 Å². The number of hydrogen-bond acceptors (Lipinski definition) is 0. The van der Waals surface area contributed by atoms with Crippen molar-refractivity contribution in [2.75, 3.05) is 0 Å². The molecule has 12 aromatic rings. The lowest BCUT2D eigenvalue weighted by molar-refractivity contribution is 1.18. The summed E-state index contributed by atoms with van der Waals surface area (Å²) in [6, 6.07) is 78.3. The van der Waals surface area contributed by atoms with Crippen molar-refractivity contribution < 1.29 is 4.11 Å². The van der Waals surface area contributed by atoms with Gasteiger partial charge >= 0.3 is 0 Å². The van der Waals surface area contributed by atoms with Gasteiger partial charge in [-0.3, -0.25) is 0 Å². The van der Waals surface area contributed by atoms with Crippen LogP contribution in [0.4, 0.5) is 0 Å². The van der Waals surface area contributed by atoms with Gasteiger partial charge in [0.2, 0.25) is 0 Å². The summed E-state index contributed by atoms with van der Waals surface area (Å²) in [5, 5.41) is 3.64. The fourth-order valence-corrected chi connectivity index (χ4v) is 9.24. The quantitative estimate of drug-likeness (QED) is 0.152. The third-order valence-electron chi connectivity index (χ3n) is 12.3. The standard InChI is InChI=1S/C60H40N2/c1-4-13-41(14-5-1)44-23-25-47(26-24-44)52-20-12-21-54-56-40-49(32-38-59(56)62(60(52)54)51-35-29-46(30-36-51)43-17-8-3-9-18-43)48-31-37-58-55(39-48)53-19-10-11-22-57(53)61(58)50-33-27-45(28-34-50)42-15-6-2-7-16-42/h1-40H/i31D,37D,39D. The van der Waals surface area contributed by atoms with Gasteiger partial charge in [-0.05, 0) is 105 Å². The van der Waals surface area contributed by atoms with Crippen LogP contribution in [0.25, 0.3) is 111 Å². The monoisotopic (exact) mass is 791 g/mol. The molecule has 0 N–H and O–H groups in total. The maximum Gasteiger partial charge on any atom is 0.0645 e. The van der Waals surface area contributed by atoms with E-state index < -0.39 is 0 Å². The summed E-state index contributed by atoms with van der Waals surface area (Å²) >= 11 is 0. The van der Waals surface area contributed by atoms with Crippen LogP contribution in [-0.2, 0) is 0 Å². The van der Waals surface area contributed by atoms with Crippen molar-refractivity contribution in [3.05, 3.63) is 243 Å². The van der Waals surface area contributed by atoms with Gasteiger partial charge in [0, 0.05) is 38.5 Å². The Kier molecular flexibility index (Phi) is 7.79. The van der Waals surface area contributed by atoms with E-state index in [4.69, 9.17) is 0 Å². The molecular weight excluding hydrogens is 749 g/mol. The maximum atomic E-state index is 9.92. The Morgan fingerprint density at radius 2 is 0.742 bits per heavy atom. The van der Waals surface area contributed by atoms with Gasteiger partial charge in [-0.15, -0.1) is 0 Å². The van der Waals surface area contributed by atoms with Crippen LogP contribution in [0.2, 0.25) is 0 Å². The van der Waals surface area contributed by atoms with Gasteiger partial charge in [-0.1, -0.05) is 188 Å². The first kappa shape index (κ1) is 32.6. The maximum absolute atomic E-state index is 9.92. The highest BCUT2D eigenvalue weighted by molar-refractivity contribution is 6.15. The molecule has 0 saturated carbocycles. The lowest BCUT2D eigenvalue weighted by atomic mass is 9.97. The van der Waals surface area contributed by atoms with Gasteiger partial charge in [0.1, 0.15) is 0 Å². The molecule has 0 aliphatic heterocycles. The number of aromatic nitrogens is 2. The van der Waals surface area contributed by atoms with Crippen LogP contribution in [0.15, 0.2) is 243 Å². The first-order valence-corrected chi connectivity index (χ1v) is 21.1. The Bertz CT molecular complexity index is 3740. The summed E-state index contributed by atoms with van der Waals surface area (Å²) in [4.78, 5) is 0. The molecule has 0 spiro atoms. The van der Waals surface area contributed by atoms with E-state index in [-0.39, 0.29) is 18.1 Å². The summed E-state index contributed by atoms with van der Waals surface area (Å²) in [6.45, 7) is 0. The molecular formula is C60H40N2. The zero-order chi connectivity index (χ0) is 43.6. The number of rotatable bonds is 7. The van der Waals surface area contributed by atoms with E-state index in [1.165, 1.54) is 5.56 Å². The molecule has 2 heteroatoms. The molecule has 0 radical (unpaired) electrons. The van der Waals surface area contributed by atoms with Gasteiger partial charge in [-0.25, -0.2) is 0 Å². The Morgan fingerprint density at radius 1 is 0.274 bits per heavy atom. The number of para-hydroxylation sites is 2. The highest BCUT2D eigenvalue weighted by atomic mass is 15.0. The molecule has 0 amide bonds. The van der Waals surface area contributed by atoms with Crippen molar-refractivity contribution in [1.29, 1.82) is 0 Å². The number of benzene rings is 10. The predicted molar refractivity (Wildman–Crippen MR) is 262 cm³/mol. The van der Waals surface area contributed by atoms with E-state index in [9.17, 15) is 4.11 Å². The number of nitrogens with zero attached hydrogens (tertiary/aromatic N) is 2. The van der Waals surface area contributed by atoms with E-state index in [0.717, 1.165) is 88.6 Å². The van der Waals surface area contributed by atoms with Crippen molar-refractivity contribution in [1.82, 2.24) is 9.13 Å². The molecule has 2 nitrogen and oxygen atoms in total. The minimum Gasteiger partial charge on any atom is -0.309 e. The largest absolute Gasteiger partial charge is 0.309 e. The van der Waals surface area contributed by atoms with Crippen LogP contribution >= 0.6 is 0 Å². The Morgan fingerprint density at radius 3 is 1.35 bits per heavy atom. The van der Waals surface area contributed by atoms with E-state index in [1.54, 1.807) is 0 Å². The van der Waals surface area contributed by atoms with Crippen LogP contribution in [0.3, 0.4) is 0 Å². The number of fused-ring (bicyclic) bond motifs is 6. The zero-order valence-electron chi connectivity index (χ0n) is 36.8. The molecule has 0 atom stereocenters. The van der Waals surface area contributed by atoms with Crippen molar-refractivity contribution in [3.8, 4) is 67.0 Å². The average Bonchev–Trinajstić information content (AvgIpc) is 3.90. The molecule has 0 saturated heterocycles. The van der Waals surface area contributed by atoms with Crippen LogP contribution in [0, 0.1) is 0 Å². The highest BCUT2D eigenvalue weighted by Crippen LogP contribution is 2.42. The van der Waals surface area contributed by atoms with Crippen molar-refractivity contribution >= 4 is 43.6 Å². The van der Waals surface area contributed by atoms with E-state index in [1.807, 2.05) is 60.7 Å². The van der Waals surface area contributed by atoms with Gasteiger partial charge < -0.3 is 9.13 Å². The Balaban J connectivity index is 1.05. The molecule has 0 aliphatic rings. The SMILES string of the molecule is [2H]c1c(-c2ccc3c(c2)c2cccc(-c4ccc(-c5ccccc5)cc4)c2n3-c2ccc(-c3ccccc3)cc2)c([2H])c2c3ccccc3n(-c3ccc(-c4ccccc4)cc3)c2c1[2H]. The van der Waals surface area contributed by atoms with Gasteiger partial charge in [0.05, 0.1) is 26.2 Å². The van der Waals surface area contributed by atoms with Crippen LogP contribution in [-0.4, -0.2) is 9.13 Å². The second-order valence-corrected chi connectivity index (χ2v) is 15.9. The molecule has 0 unspecified atom stereocenters. The van der Waals surface area contributed by atoms with E-state index in [2.05, 4.69) is 173 Å². The predicted octanol–water partition coefficient (Wildman–Crippen LogP) is 16.2. The van der Waals surface area contributed by atoms with Crippen LogP contribution < -0.4 is 0 Å². The molecule has 0 bridgehead atoms. The molecule has 12 rings (SSSR count). The first-order valence-electron chi connectivity index (χ1n) is 22.6. The second-order valence-electron chi connectivity index (χ2n) is 15.9. The fourth-order valence-electron chi connectivity index (χ4n) is 9.24. The van der Waals surface area contributed by atoms with E-state index >= 15 is 0 Å². The van der Waals surface area contributed by atoms with Crippen LogP contribution in [0.1, 0.15) is 4.11 Å². The van der Waals surface area contributed by atoms with E-state index in [0.29, 0.717) is 16.5 Å². The summed E-state index contributed by atoms with van der Waals surface area (Å²) < 4.78 is 33.6. The molecule has 62 heavy (non-hydrogen) atoms. The topological polar surface area (TPSA) is 9.86 Å². The number of hydrogen-bond donors (Lipinski definition) is 0. The molecule has 0 aliphatic carbocycles. The summed E-state index contributed by atoms with van der Waals surface area (Å²) in [5.74, 6) is 0. The molecule has 0 fully saturated rings. The molecule has 10 aromatic carbocycles. The lowest BCUT2D eigenvalue weighted by Gasteiger charge is -2.13. The summed E-state index contributed by atoms with van der Waals surface area (Å²) in [7, 11) is 0. The lowest BCUT2D eigenvalue weighted by Crippen LogP contribution is -1.96. The highest BCUT2D eigenvalue weighted by Gasteiger charge is 2.19. The van der Waals surface area contributed by atoms with Gasteiger partial charge in [-0.2, -0.15) is 0 Å². The van der Waals surface area contributed by atoms with Crippen molar-refractivity contribution in [2.24, 2.45) is 0 Å². The summed E-state index contributed by atoms with van der Waals surface area (Å²) in [6.07, 6.45) is 0. The molecule has 2 aromatic heterocycles. The molecule has 290 valence electrons. The Labute approximate surface area is 365 Å². The summed E-state index contributed by atoms with van der Waals surface area (Å²) in [5.41, 5.74) is 15.8. The Hall–Kier alpha value is -8.20. The molecule has 2 heterocycles. The zero-order valence-corrected chi connectivity index (χ0v) is 33.8. The minimum absolute atomic E-state index is 0.0336. The minimum atomic E-state index is 0.0336. The third kappa shape index (κ3) is 6.04. The average molecular weight is 792 g/mol. The normalized spacial score (nSPS) is 12.2. The smallest absolute Gasteiger partial charge is 0.0645 e. The van der Waals surface area contributed by atoms with Crippen molar-refractivity contribution in [2.45, 2.75) is 0 Å². The second kappa shape index (κ2) is 14.8. The first-order chi connectivity index (χ1) is 32.0.